The first-order valence-electron chi connectivity index (χ1n) is 7.51. The molecule has 0 bridgehead atoms. The predicted octanol–water partition coefficient (Wildman–Crippen LogP) is 4.10. The molecule has 1 N–H and O–H groups in total. The van der Waals surface area contributed by atoms with Crippen molar-refractivity contribution in [2.24, 2.45) is 5.92 Å². The number of benzene rings is 1. The Morgan fingerprint density at radius 1 is 1.16 bits per heavy atom. The highest BCUT2D eigenvalue weighted by Gasteiger charge is 2.10. The van der Waals surface area contributed by atoms with E-state index in [2.05, 4.69) is 57.3 Å². The van der Waals surface area contributed by atoms with Gasteiger partial charge in [0.15, 0.2) is 0 Å². The van der Waals surface area contributed by atoms with Crippen LogP contribution in [0.25, 0.3) is 0 Å². The van der Waals surface area contributed by atoms with Crippen molar-refractivity contribution in [1.29, 1.82) is 0 Å². The minimum absolute atomic E-state index is 0.406. The van der Waals surface area contributed by atoms with Gasteiger partial charge in [0, 0.05) is 19.3 Å². The fourth-order valence-electron chi connectivity index (χ4n) is 2.14. The monoisotopic (exact) mass is 263 g/mol. The molecule has 1 rings (SSSR count). The van der Waals surface area contributed by atoms with Crippen molar-refractivity contribution in [3.8, 4) is 0 Å². The van der Waals surface area contributed by atoms with Crippen molar-refractivity contribution >= 4 is 0 Å². The molecule has 0 spiro atoms. The molecule has 19 heavy (non-hydrogen) atoms. The predicted molar refractivity (Wildman–Crippen MR) is 82.5 cm³/mol. The SMILES string of the molecule is CCNC(CCOCCC(C)C)c1cccc(C)c1. The number of rotatable bonds is 9. The van der Waals surface area contributed by atoms with Crippen LogP contribution < -0.4 is 5.32 Å². The van der Waals surface area contributed by atoms with Gasteiger partial charge in [-0.25, -0.2) is 0 Å². The van der Waals surface area contributed by atoms with Crippen molar-refractivity contribution in [3.05, 3.63) is 35.4 Å². The zero-order valence-electron chi connectivity index (χ0n) is 12.9. The van der Waals surface area contributed by atoms with E-state index in [1.165, 1.54) is 11.1 Å². The average molecular weight is 263 g/mol. The molecule has 0 saturated heterocycles. The maximum atomic E-state index is 5.73. The summed E-state index contributed by atoms with van der Waals surface area (Å²) in [7, 11) is 0. The van der Waals surface area contributed by atoms with E-state index in [9.17, 15) is 0 Å². The van der Waals surface area contributed by atoms with E-state index in [0.717, 1.165) is 38.5 Å². The largest absolute Gasteiger partial charge is 0.381 e. The van der Waals surface area contributed by atoms with E-state index in [-0.39, 0.29) is 0 Å². The zero-order chi connectivity index (χ0) is 14.1. The van der Waals surface area contributed by atoms with Crippen molar-refractivity contribution in [3.63, 3.8) is 0 Å². The van der Waals surface area contributed by atoms with E-state index in [1.807, 2.05) is 0 Å². The maximum absolute atomic E-state index is 5.73. The molecule has 1 aromatic carbocycles. The van der Waals surface area contributed by atoms with Gasteiger partial charge in [0.2, 0.25) is 0 Å². The standard InChI is InChI=1S/C17H29NO/c1-5-18-17(10-12-19-11-9-14(2)3)16-8-6-7-15(4)13-16/h6-8,13-14,17-18H,5,9-12H2,1-4H3. The van der Waals surface area contributed by atoms with Crippen LogP contribution in [-0.2, 0) is 4.74 Å². The molecule has 0 aliphatic rings. The van der Waals surface area contributed by atoms with Gasteiger partial charge in [-0.1, -0.05) is 50.6 Å². The highest BCUT2D eigenvalue weighted by Crippen LogP contribution is 2.18. The molecule has 1 unspecified atom stereocenters. The Morgan fingerprint density at radius 2 is 1.89 bits per heavy atom. The van der Waals surface area contributed by atoms with E-state index in [0.29, 0.717) is 6.04 Å². The minimum atomic E-state index is 0.406. The van der Waals surface area contributed by atoms with Gasteiger partial charge in [-0.05, 0) is 37.8 Å². The van der Waals surface area contributed by atoms with Gasteiger partial charge in [0.1, 0.15) is 0 Å². The smallest absolute Gasteiger partial charge is 0.0484 e. The van der Waals surface area contributed by atoms with Gasteiger partial charge in [-0.15, -0.1) is 0 Å². The number of ether oxygens (including phenoxy) is 1. The third-order valence-corrected chi connectivity index (χ3v) is 3.29. The lowest BCUT2D eigenvalue weighted by Crippen LogP contribution is -2.22. The normalized spacial score (nSPS) is 12.9. The number of hydrogen-bond donors (Lipinski definition) is 1. The van der Waals surface area contributed by atoms with E-state index >= 15 is 0 Å². The molecule has 0 aliphatic heterocycles. The summed E-state index contributed by atoms with van der Waals surface area (Å²) >= 11 is 0. The Kier molecular flexibility index (Phi) is 7.76. The first-order chi connectivity index (χ1) is 9.13. The van der Waals surface area contributed by atoms with Crippen LogP contribution in [-0.4, -0.2) is 19.8 Å². The van der Waals surface area contributed by atoms with E-state index in [4.69, 9.17) is 4.74 Å². The van der Waals surface area contributed by atoms with Crippen LogP contribution in [0.5, 0.6) is 0 Å². The Bertz CT molecular complexity index is 349. The molecule has 0 amide bonds. The molecule has 0 radical (unpaired) electrons. The minimum Gasteiger partial charge on any atom is -0.381 e. The van der Waals surface area contributed by atoms with Crippen molar-refractivity contribution < 1.29 is 4.74 Å². The molecule has 2 heteroatoms. The lowest BCUT2D eigenvalue weighted by Gasteiger charge is -2.19. The second kappa shape index (κ2) is 9.11. The molecule has 2 nitrogen and oxygen atoms in total. The van der Waals surface area contributed by atoms with Gasteiger partial charge >= 0.3 is 0 Å². The first-order valence-corrected chi connectivity index (χ1v) is 7.51. The third kappa shape index (κ3) is 6.74. The van der Waals surface area contributed by atoms with Crippen molar-refractivity contribution in [2.75, 3.05) is 19.8 Å². The van der Waals surface area contributed by atoms with Crippen LogP contribution in [0.4, 0.5) is 0 Å². The van der Waals surface area contributed by atoms with Crippen LogP contribution in [0.2, 0.25) is 0 Å². The number of hydrogen-bond acceptors (Lipinski definition) is 2. The molecule has 0 saturated carbocycles. The first kappa shape index (κ1) is 16.2. The summed E-state index contributed by atoms with van der Waals surface area (Å²) in [6, 6.07) is 9.15. The molecule has 0 aromatic heterocycles. The summed E-state index contributed by atoms with van der Waals surface area (Å²) in [5.74, 6) is 0.723. The Morgan fingerprint density at radius 3 is 2.53 bits per heavy atom. The quantitative estimate of drug-likeness (QED) is 0.677. The molecular formula is C17H29NO. The molecule has 0 aliphatic carbocycles. The summed E-state index contributed by atoms with van der Waals surface area (Å²) in [4.78, 5) is 0. The van der Waals surface area contributed by atoms with Gasteiger partial charge < -0.3 is 10.1 Å². The van der Waals surface area contributed by atoms with Gasteiger partial charge in [-0.3, -0.25) is 0 Å². The van der Waals surface area contributed by atoms with Crippen LogP contribution >= 0.6 is 0 Å². The maximum Gasteiger partial charge on any atom is 0.0484 e. The fourth-order valence-corrected chi connectivity index (χ4v) is 2.14. The summed E-state index contributed by atoms with van der Waals surface area (Å²) in [5.41, 5.74) is 2.69. The van der Waals surface area contributed by atoms with Crippen LogP contribution in [0.1, 0.15) is 50.8 Å². The molecular weight excluding hydrogens is 234 g/mol. The van der Waals surface area contributed by atoms with Gasteiger partial charge in [0.25, 0.3) is 0 Å². The Balaban J connectivity index is 2.40. The fraction of sp³-hybridized carbons (Fsp3) is 0.647. The summed E-state index contributed by atoms with van der Waals surface area (Å²) in [5, 5.41) is 3.55. The summed E-state index contributed by atoms with van der Waals surface area (Å²) in [6.45, 7) is 11.5. The lowest BCUT2D eigenvalue weighted by atomic mass is 10.0. The number of nitrogens with one attached hydrogen (secondary N) is 1. The van der Waals surface area contributed by atoms with Crippen molar-refractivity contribution in [1.82, 2.24) is 5.32 Å². The number of aryl methyl sites for hydroxylation is 1. The highest BCUT2D eigenvalue weighted by molar-refractivity contribution is 5.25. The second-order valence-corrected chi connectivity index (χ2v) is 5.61. The zero-order valence-corrected chi connectivity index (χ0v) is 12.9. The molecule has 1 atom stereocenters. The highest BCUT2D eigenvalue weighted by atomic mass is 16.5. The molecule has 0 fully saturated rings. The molecule has 108 valence electrons. The van der Waals surface area contributed by atoms with Crippen LogP contribution in [0, 0.1) is 12.8 Å². The second-order valence-electron chi connectivity index (χ2n) is 5.61. The van der Waals surface area contributed by atoms with Gasteiger partial charge in [0.05, 0.1) is 0 Å². The van der Waals surface area contributed by atoms with Gasteiger partial charge in [-0.2, -0.15) is 0 Å². The van der Waals surface area contributed by atoms with E-state index < -0.39 is 0 Å². The lowest BCUT2D eigenvalue weighted by molar-refractivity contribution is 0.114. The topological polar surface area (TPSA) is 21.3 Å². The average Bonchev–Trinajstić information content (AvgIpc) is 2.36. The Hall–Kier alpha value is -0.860. The Labute approximate surface area is 118 Å². The van der Waals surface area contributed by atoms with Crippen LogP contribution in [0.3, 0.4) is 0 Å². The summed E-state index contributed by atoms with van der Waals surface area (Å²) < 4.78 is 5.73. The third-order valence-electron chi connectivity index (χ3n) is 3.29. The van der Waals surface area contributed by atoms with Crippen molar-refractivity contribution in [2.45, 2.75) is 46.6 Å². The molecule has 1 aromatic rings. The molecule has 0 heterocycles. The summed E-state index contributed by atoms with van der Waals surface area (Å²) in [6.07, 6.45) is 2.19. The van der Waals surface area contributed by atoms with E-state index in [1.54, 1.807) is 0 Å². The van der Waals surface area contributed by atoms with Crippen LogP contribution in [0.15, 0.2) is 24.3 Å².